The molecule has 1 aromatic rings. The first-order valence-electron chi connectivity index (χ1n) is 10.3. The molecule has 0 spiro atoms. The second kappa shape index (κ2) is 8.38. The Balaban J connectivity index is 1.25. The molecule has 0 saturated carbocycles. The number of piperidine rings is 2. The van der Waals surface area contributed by atoms with Crippen molar-refractivity contribution in [2.45, 2.75) is 44.2 Å². The number of fused-ring (bicyclic) bond motifs is 2. The first-order valence-corrected chi connectivity index (χ1v) is 10.3. The summed E-state index contributed by atoms with van der Waals surface area (Å²) in [4.78, 5) is 17.1. The molecule has 3 aliphatic heterocycles. The third-order valence-electron chi connectivity index (χ3n) is 6.13. The van der Waals surface area contributed by atoms with Crippen molar-refractivity contribution in [3.63, 3.8) is 0 Å². The van der Waals surface area contributed by atoms with E-state index < -0.39 is 0 Å². The van der Waals surface area contributed by atoms with Crippen molar-refractivity contribution in [1.29, 1.82) is 0 Å². The molecular weight excluding hydrogens is 342 g/mol. The van der Waals surface area contributed by atoms with Crippen LogP contribution in [0.5, 0.6) is 11.5 Å². The highest BCUT2D eigenvalue weighted by atomic mass is 16.6. The standard InChI is InChI=1S/C21H31N3O3/c1-23(14-16-7-6-12-24-11-5-4-8-18(16)24)21(25)22-13-17-15-26-19-9-2-3-10-20(19)27-17/h2-3,9-10,16-18H,4-8,11-15H2,1H3,(H,22,25)/t16-,17?,18+/m0/s1. The maximum atomic E-state index is 12.6. The zero-order valence-corrected chi connectivity index (χ0v) is 16.2. The molecule has 148 valence electrons. The Morgan fingerprint density at radius 2 is 2.00 bits per heavy atom. The quantitative estimate of drug-likeness (QED) is 0.882. The Morgan fingerprint density at radius 1 is 1.19 bits per heavy atom. The van der Waals surface area contributed by atoms with Crippen molar-refractivity contribution in [1.82, 2.24) is 15.1 Å². The van der Waals surface area contributed by atoms with Crippen LogP contribution < -0.4 is 14.8 Å². The van der Waals surface area contributed by atoms with Crippen LogP contribution in [-0.4, -0.2) is 67.8 Å². The Labute approximate surface area is 161 Å². The van der Waals surface area contributed by atoms with Crippen LogP contribution in [0.1, 0.15) is 32.1 Å². The third-order valence-corrected chi connectivity index (χ3v) is 6.13. The molecule has 1 aromatic carbocycles. The molecule has 2 amide bonds. The van der Waals surface area contributed by atoms with Gasteiger partial charge in [-0.2, -0.15) is 0 Å². The number of para-hydroxylation sites is 2. The molecule has 27 heavy (non-hydrogen) atoms. The van der Waals surface area contributed by atoms with E-state index in [0.29, 0.717) is 25.1 Å². The summed E-state index contributed by atoms with van der Waals surface area (Å²) in [6, 6.07) is 8.29. The van der Waals surface area contributed by atoms with Gasteiger partial charge in [0.15, 0.2) is 17.6 Å². The SMILES string of the molecule is CN(C[C@@H]1CCCN2CCCC[C@H]12)C(=O)NCC1COc2ccccc2O1. The summed E-state index contributed by atoms with van der Waals surface area (Å²) in [5.41, 5.74) is 0. The van der Waals surface area contributed by atoms with Crippen LogP contribution in [0.4, 0.5) is 4.79 Å². The van der Waals surface area contributed by atoms with Gasteiger partial charge in [0.05, 0.1) is 6.54 Å². The summed E-state index contributed by atoms with van der Waals surface area (Å²) < 4.78 is 11.6. The summed E-state index contributed by atoms with van der Waals surface area (Å²) in [5, 5.41) is 3.01. The molecule has 0 aliphatic carbocycles. The zero-order valence-electron chi connectivity index (χ0n) is 16.2. The van der Waals surface area contributed by atoms with Crippen molar-refractivity contribution in [2.24, 2.45) is 5.92 Å². The smallest absolute Gasteiger partial charge is 0.317 e. The van der Waals surface area contributed by atoms with Crippen LogP contribution in [0.3, 0.4) is 0 Å². The van der Waals surface area contributed by atoms with Gasteiger partial charge in [-0.25, -0.2) is 4.79 Å². The van der Waals surface area contributed by atoms with Gasteiger partial charge in [0.25, 0.3) is 0 Å². The van der Waals surface area contributed by atoms with Crippen molar-refractivity contribution >= 4 is 6.03 Å². The molecule has 6 nitrogen and oxygen atoms in total. The minimum absolute atomic E-state index is 0.0228. The number of urea groups is 1. The number of nitrogens with zero attached hydrogens (tertiary/aromatic N) is 2. The molecule has 3 aliphatic rings. The Kier molecular flexibility index (Phi) is 5.72. The molecule has 4 rings (SSSR count). The summed E-state index contributed by atoms with van der Waals surface area (Å²) >= 11 is 0. The fourth-order valence-electron chi connectivity index (χ4n) is 4.72. The molecule has 0 radical (unpaired) electrons. The minimum Gasteiger partial charge on any atom is -0.486 e. The number of ether oxygens (including phenoxy) is 2. The van der Waals surface area contributed by atoms with Crippen LogP contribution in [0.25, 0.3) is 0 Å². The van der Waals surface area contributed by atoms with Gasteiger partial charge in [-0.15, -0.1) is 0 Å². The lowest BCUT2D eigenvalue weighted by molar-refractivity contribution is 0.0481. The normalized spacial score (nSPS) is 27.5. The molecule has 2 saturated heterocycles. The summed E-state index contributed by atoms with van der Waals surface area (Å²) in [6.45, 7) is 4.21. The van der Waals surface area contributed by atoms with Gasteiger partial charge in [-0.1, -0.05) is 18.6 Å². The number of amides is 2. The van der Waals surface area contributed by atoms with E-state index in [4.69, 9.17) is 9.47 Å². The maximum absolute atomic E-state index is 12.6. The van der Waals surface area contributed by atoms with Gasteiger partial charge in [0, 0.05) is 19.6 Å². The molecule has 0 bridgehead atoms. The van der Waals surface area contributed by atoms with Gasteiger partial charge in [-0.05, 0) is 56.8 Å². The van der Waals surface area contributed by atoms with E-state index in [-0.39, 0.29) is 12.1 Å². The van der Waals surface area contributed by atoms with Crippen molar-refractivity contribution < 1.29 is 14.3 Å². The molecule has 6 heteroatoms. The van der Waals surface area contributed by atoms with Crippen LogP contribution in [0, 0.1) is 5.92 Å². The summed E-state index contributed by atoms with van der Waals surface area (Å²) in [6.07, 6.45) is 6.27. The lowest BCUT2D eigenvalue weighted by Gasteiger charge is -2.45. The fraction of sp³-hybridized carbons (Fsp3) is 0.667. The van der Waals surface area contributed by atoms with Gasteiger partial charge in [0.1, 0.15) is 6.61 Å². The molecule has 0 aromatic heterocycles. The number of hydrogen-bond acceptors (Lipinski definition) is 4. The van der Waals surface area contributed by atoms with Crippen molar-refractivity contribution in [3.8, 4) is 11.5 Å². The van der Waals surface area contributed by atoms with E-state index in [1.165, 1.54) is 45.2 Å². The average molecular weight is 373 g/mol. The number of rotatable bonds is 4. The molecule has 1 unspecified atom stereocenters. The highest BCUT2D eigenvalue weighted by Crippen LogP contribution is 2.32. The lowest BCUT2D eigenvalue weighted by atomic mass is 9.83. The predicted molar refractivity (Wildman–Crippen MR) is 104 cm³/mol. The molecule has 2 fully saturated rings. The number of benzene rings is 1. The lowest BCUT2D eigenvalue weighted by Crippen LogP contribution is -2.52. The number of nitrogens with one attached hydrogen (secondary N) is 1. The minimum atomic E-state index is -0.152. The molecule has 3 heterocycles. The Morgan fingerprint density at radius 3 is 2.89 bits per heavy atom. The van der Waals surface area contributed by atoms with Crippen LogP contribution >= 0.6 is 0 Å². The number of carbonyl (C=O) groups is 1. The summed E-state index contributed by atoms with van der Waals surface area (Å²) in [7, 11) is 1.91. The van der Waals surface area contributed by atoms with Crippen LogP contribution in [0.2, 0.25) is 0 Å². The summed E-state index contributed by atoms with van der Waals surface area (Å²) in [5.74, 6) is 2.11. The second-order valence-electron chi connectivity index (χ2n) is 8.07. The first kappa shape index (κ1) is 18.4. The van der Waals surface area contributed by atoms with E-state index >= 15 is 0 Å². The first-order chi connectivity index (χ1) is 13.2. The number of hydrogen-bond donors (Lipinski definition) is 1. The topological polar surface area (TPSA) is 54.0 Å². The van der Waals surface area contributed by atoms with Crippen molar-refractivity contribution in [3.05, 3.63) is 24.3 Å². The van der Waals surface area contributed by atoms with Gasteiger partial charge in [-0.3, -0.25) is 0 Å². The van der Waals surface area contributed by atoms with Gasteiger partial charge < -0.3 is 24.6 Å². The molecular formula is C21H31N3O3. The largest absolute Gasteiger partial charge is 0.486 e. The Bertz CT molecular complexity index is 651. The van der Waals surface area contributed by atoms with Crippen molar-refractivity contribution in [2.75, 3.05) is 39.8 Å². The van der Waals surface area contributed by atoms with E-state index in [1.54, 1.807) is 0 Å². The van der Waals surface area contributed by atoms with Crippen LogP contribution in [-0.2, 0) is 0 Å². The molecule has 3 atom stereocenters. The van der Waals surface area contributed by atoms with E-state index in [9.17, 15) is 4.79 Å². The third kappa shape index (κ3) is 4.32. The monoisotopic (exact) mass is 373 g/mol. The van der Waals surface area contributed by atoms with E-state index in [0.717, 1.165) is 18.0 Å². The maximum Gasteiger partial charge on any atom is 0.317 e. The van der Waals surface area contributed by atoms with Gasteiger partial charge >= 0.3 is 6.03 Å². The second-order valence-corrected chi connectivity index (χ2v) is 8.07. The van der Waals surface area contributed by atoms with E-state index in [1.807, 2.05) is 36.2 Å². The Hall–Kier alpha value is -1.95. The highest BCUT2D eigenvalue weighted by Gasteiger charge is 2.34. The molecule has 1 N–H and O–H groups in total. The van der Waals surface area contributed by atoms with Crippen LogP contribution in [0.15, 0.2) is 24.3 Å². The van der Waals surface area contributed by atoms with E-state index in [2.05, 4.69) is 10.2 Å². The fourth-order valence-corrected chi connectivity index (χ4v) is 4.72. The zero-order chi connectivity index (χ0) is 18.6. The highest BCUT2D eigenvalue weighted by molar-refractivity contribution is 5.73. The number of carbonyl (C=O) groups excluding carboxylic acids is 1. The average Bonchev–Trinajstić information content (AvgIpc) is 2.72. The van der Waals surface area contributed by atoms with Gasteiger partial charge in [0.2, 0.25) is 0 Å². The predicted octanol–water partition coefficient (Wildman–Crippen LogP) is 2.73.